The van der Waals surface area contributed by atoms with Gasteiger partial charge in [-0.3, -0.25) is 9.79 Å². The number of aldehydes is 1. The molecule has 0 atom stereocenters. The van der Waals surface area contributed by atoms with E-state index in [1.807, 2.05) is 43.1 Å². The zero-order valence-electron chi connectivity index (χ0n) is 23.5. The summed E-state index contributed by atoms with van der Waals surface area (Å²) in [6.45, 7) is 9.26. The lowest BCUT2D eigenvalue weighted by Crippen LogP contribution is -2.25. The zero-order chi connectivity index (χ0) is 27.9. The van der Waals surface area contributed by atoms with Gasteiger partial charge in [0.25, 0.3) is 0 Å². The Morgan fingerprint density at radius 1 is 1.03 bits per heavy atom. The molecule has 0 spiro atoms. The Morgan fingerprint density at radius 3 is 2.49 bits per heavy atom. The third-order valence-electron chi connectivity index (χ3n) is 6.91. The standard InChI is InChI=1S/C33H38N4O2/c1-6-9-24-14-17-26(20-38)31(18-24)39-21-37(5)30-11-8-10-27(23(30)4)32(35-7-2)28-19-29(36-33(28)34)25-15-12-22(3)13-16-25/h8,10-20,36H,6-7,9,21,34H2,1-5H3. The smallest absolute Gasteiger partial charge is 0.161 e. The minimum Gasteiger partial charge on any atom is -0.472 e. The van der Waals surface area contributed by atoms with Gasteiger partial charge >= 0.3 is 0 Å². The Labute approximate surface area is 231 Å². The van der Waals surface area contributed by atoms with Crippen LogP contribution < -0.4 is 15.4 Å². The fraction of sp³-hybridized carbons (Fsp3) is 0.273. The van der Waals surface area contributed by atoms with Crippen molar-refractivity contribution in [2.45, 2.75) is 40.5 Å². The van der Waals surface area contributed by atoms with Gasteiger partial charge in [-0.15, -0.1) is 0 Å². The molecule has 0 radical (unpaired) electrons. The Balaban J connectivity index is 1.62. The number of nitrogens with zero attached hydrogens (tertiary/aromatic N) is 2. The molecule has 1 aromatic heterocycles. The molecule has 3 aromatic carbocycles. The highest BCUT2D eigenvalue weighted by Crippen LogP contribution is 2.30. The number of anilines is 2. The minimum atomic E-state index is 0.296. The Hall–Kier alpha value is -4.32. The minimum absolute atomic E-state index is 0.296. The summed E-state index contributed by atoms with van der Waals surface area (Å²) in [5, 5.41) is 0. The monoisotopic (exact) mass is 522 g/mol. The van der Waals surface area contributed by atoms with Crippen LogP contribution in [0.15, 0.2) is 71.7 Å². The number of rotatable bonds is 11. The van der Waals surface area contributed by atoms with Gasteiger partial charge in [0.2, 0.25) is 0 Å². The van der Waals surface area contributed by atoms with E-state index in [-0.39, 0.29) is 0 Å². The number of nitrogens with two attached hydrogens (primary N) is 1. The molecule has 202 valence electrons. The lowest BCUT2D eigenvalue weighted by atomic mass is 9.97. The average molecular weight is 523 g/mol. The van der Waals surface area contributed by atoms with Crippen molar-refractivity contribution < 1.29 is 9.53 Å². The third kappa shape index (κ3) is 6.23. The lowest BCUT2D eigenvalue weighted by Gasteiger charge is -2.24. The number of nitrogens with one attached hydrogen (secondary N) is 1. The van der Waals surface area contributed by atoms with Crippen LogP contribution in [-0.4, -0.2) is 37.3 Å². The van der Waals surface area contributed by atoms with Crippen molar-refractivity contribution in [1.82, 2.24) is 4.98 Å². The number of aryl methyl sites for hydroxylation is 2. The van der Waals surface area contributed by atoms with Crippen LogP contribution in [0.5, 0.6) is 5.75 Å². The number of hydrogen-bond acceptors (Lipinski definition) is 5. The zero-order valence-corrected chi connectivity index (χ0v) is 23.5. The SMILES string of the molecule is CCCc1ccc(C=O)c(OCN(C)c2cccc(C(=NCC)c3cc(-c4ccc(C)cc4)[nH]c3N)c2C)c1. The molecule has 4 aromatic rings. The second-order valence-corrected chi connectivity index (χ2v) is 9.86. The van der Waals surface area contributed by atoms with Gasteiger partial charge < -0.3 is 20.4 Å². The van der Waals surface area contributed by atoms with Crippen LogP contribution in [0.1, 0.15) is 58.4 Å². The van der Waals surface area contributed by atoms with Gasteiger partial charge in [0, 0.05) is 36.1 Å². The summed E-state index contributed by atoms with van der Waals surface area (Å²) in [5.74, 6) is 1.20. The molecular weight excluding hydrogens is 484 g/mol. The largest absolute Gasteiger partial charge is 0.472 e. The second kappa shape index (κ2) is 12.5. The number of nitrogen functional groups attached to an aromatic ring is 1. The number of aromatic amines is 1. The highest BCUT2D eigenvalue weighted by Gasteiger charge is 2.19. The van der Waals surface area contributed by atoms with Crippen molar-refractivity contribution in [2.24, 2.45) is 4.99 Å². The van der Waals surface area contributed by atoms with Crippen molar-refractivity contribution in [3.63, 3.8) is 0 Å². The summed E-state index contributed by atoms with van der Waals surface area (Å²) in [6.07, 6.45) is 2.82. The number of carbonyl (C=O) groups excluding carboxylic acids is 1. The second-order valence-electron chi connectivity index (χ2n) is 9.86. The molecule has 0 unspecified atom stereocenters. The summed E-state index contributed by atoms with van der Waals surface area (Å²) in [6, 6.07) is 22.4. The van der Waals surface area contributed by atoms with Crippen molar-refractivity contribution in [1.29, 1.82) is 0 Å². The van der Waals surface area contributed by atoms with Gasteiger partial charge in [0.1, 0.15) is 11.6 Å². The first-order valence-corrected chi connectivity index (χ1v) is 13.5. The maximum Gasteiger partial charge on any atom is 0.161 e. The highest BCUT2D eigenvalue weighted by atomic mass is 16.5. The van der Waals surface area contributed by atoms with Crippen LogP contribution in [-0.2, 0) is 6.42 Å². The van der Waals surface area contributed by atoms with Crippen molar-refractivity contribution >= 4 is 23.5 Å². The molecule has 0 aliphatic rings. The summed E-state index contributed by atoms with van der Waals surface area (Å²) >= 11 is 0. The molecule has 1 heterocycles. The number of aromatic nitrogens is 1. The van der Waals surface area contributed by atoms with Crippen LogP contribution in [0.4, 0.5) is 11.5 Å². The molecule has 0 fully saturated rings. The fourth-order valence-electron chi connectivity index (χ4n) is 4.80. The first-order valence-electron chi connectivity index (χ1n) is 13.5. The van der Waals surface area contributed by atoms with E-state index < -0.39 is 0 Å². The average Bonchev–Trinajstić information content (AvgIpc) is 3.32. The number of ether oxygens (including phenoxy) is 1. The molecule has 4 rings (SSSR count). The van der Waals surface area contributed by atoms with Crippen LogP contribution in [0.2, 0.25) is 0 Å². The lowest BCUT2D eigenvalue weighted by molar-refractivity contribution is 0.111. The molecule has 39 heavy (non-hydrogen) atoms. The molecule has 0 amide bonds. The molecule has 0 aliphatic heterocycles. The Morgan fingerprint density at radius 2 is 1.79 bits per heavy atom. The van der Waals surface area contributed by atoms with E-state index in [0.29, 0.717) is 30.4 Å². The van der Waals surface area contributed by atoms with Crippen molar-refractivity contribution in [3.8, 4) is 17.0 Å². The first kappa shape index (κ1) is 27.7. The van der Waals surface area contributed by atoms with Gasteiger partial charge in [-0.2, -0.15) is 0 Å². The predicted molar refractivity (Wildman–Crippen MR) is 162 cm³/mol. The topological polar surface area (TPSA) is 83.7 Å². The molecular formula is C33H38N4O2. The van der Waals surface area contributed by atoms with Gasteiger partial charge in [-0.25, -0.2) is 0 Å². The van der Waals surface area contributed by atoms with E-state index in [1.165, 1.54) is 5.56 Å². The number of carbonyl (C=O) groups is 1. The van der Waals surface area contributed by atoms with Crippen LogP contribution in [0.25, 0.3) is 11.3 Å². The van der Waals surface area contributed by atoms with Crippen molar-refractivity contribution in [3.05, 3.63) is 100 Å². The molecule has 0 saturated carbocycles. The summed E-state index contributed by atoms with van der Waals surface area (Å²) < 4.78 is 6.14. The maximum absolute atomic E-state index is 11.6. The van der Waals surface area contributed by atoms with E-state index in [9.17, 15) is 4.79 Å². The molecule has 0 aliphatic carbocycles. The number of aliphatic imine (C=N–C) groups is 1. The van der Waals surface area contributed by atoms with E-state index in [2.05, 4.69) is 68.2 Å². The summed E-state index contributed by atoms with van der Waals surface area (Å²) in [5.41, 5.74) is 16.3. The molecule has 0 bridgehead atoms. The number of hydrogen-bond donors (Lipinski definition) is 2. The van der Waals surface area contributed by atoms with Gasteiger partial charge in [-0.1, -0.05) is 61.4 Å². The van der Waals surface area contributed by atoms with E-state index in [4.69, 9.17) is 15.5 Å². The van der Waals surface area contributed by atoms with Crippen LogP contribution in [0, 0.1) is 13.8 Å². The van der Waals surface area contributed by atoms with Gasteiger partial charge in [0.05, 0.1) is 11.3 Å². The Bertz CT molecular complexity index is 1470. The van der Waals surface area contributed by atoms with Crippen LogP contribution in [0.3, 0.4) is 0 Å². The Kier molecular flexibility index (Phi) is 8.87. The van der Waals surface area contributed by atoms with Gasteiger partial charge in [0.15, 0.2) is 13.0 Å². The van der Waals surface area contributed by atoms with E-state index in [1.54, 1.807) is 0 Å². The van der Waals surface area contributed by atoms with Gasteiger partial charge in [-0.05, 0) is 68.1 Å². The number of benzene rings is 3. The van der Waals surface area contributed by atoms with Crippen molar-refractivity contribution in [2.75, 3.05) is 31.0 Å². The number of H-pyrrole nitrogens is 1. The third-order valence-corrected chi connectivity index (χ3v) is 6.91. The maximum atomic E-state index is 11.6. The predicted octanol–water partition coefficient (Wildman–Crippen LogP) is 6.98. The summed E-state index contributed by atoms with van der Waals surface area (Å²) in [4.78, 5) is 21.9. The normalized spacial score (nSPS) is 11.5. The quantitative estimate of drug-likeness (QED) is 0.126. The molecule has 6 nitrogen and oxygen atoms in total. The first-order chi connectivity index (χ1) is 18.9. The fourth-order valence-corrected chi connectivity index (χ4v) is 4.80. The van der Waals surface area contributed by atoms with Crippen LogP contribution >= 0.6 is 0 Å². The highest BCUT2D eigenvalue weighted by molar-refractivity contribution is 6.17. The summed E-state index contributed by atoms with van der Waals surface area (Å²) in [7, 11) is 1.99. The van der Waals surface area contributed by atoms with E-state index in [0.717, 1.165) is 64.0 Å². The van der Waals surface area contributed by atoms with E-state index >= 15 is 0 Å². The molecule has 6 heteroatoms. The molecule has 3 N–H and O–H groups in total. The molecule has 0 saturated heterocycles.